The summed E-state index contributed by atoms with van der Waals surface area (Å²) >= 11 is 1.41. The molecule has 1 N–H and O–H groups in total. The number of para-hydroxylation sites is 1. The quantitative estimate of drug-likeness (QED) is 0.408. The summed E-state index contributed by atoms with van der Waals surface area (Å²) in [5.41, 5.74) is 3.59. The van der Waals surface area contributed by atoms with Crippen molar-refractivity contribution in [2.45, 2.75) is 45.6 Å². The lowest BCUT2D eigenvalue weighted by Gasteiger charge is -2.23. The van der Waals surface area contributed by atoms with Crippen molar-refractivity contribution in [3.8, 4) is 5.69 Å². The first kappa shape index (κ1) is 22.3. The first-order chi connectivity index (χ1) is 16.5. The molecule has 2 amide bonds. The van der Waals surface area contributed by atoms with Gasteiger partial charge < -0.3 is 5.32 Å². The van der Waals surface area contributed by atoms with Gasteiger partial charge in [-0.05, 0) is 62.6 Å². The van der Waals surface area contributed by atoms with Crippen LogP contribution in [0.25, 0.3) is 15.9 Å². The molecule has 34 heavy (non-hydrogen) atoms. The third kappa shape index (κ3) is 4.48. The number of aromatic nitrogens is 2. The van der Waals surface area contributed by atoms with Gasteiger partial charge in [0.05, 0.1) is 16.3 Å². The number of anilines is 1. The fourth-order valence-corrected chi connectivity index (χ4v) is 5.72. The molecule has 7 heteroatoms. The van der Waals surface area contributed by atoms with Gasteiger partial charge in [-0.15, -0.1) is 11.3 Å². The van der Waals surface area contributed by atoms with Crippen LogP contribution >= 0.6 is 11.3 Å². The molecule has 5 rings (SSSR count). The van der Waals surface area contributed by atoms with E-state index in [0.717, 1.165) is 58.5 Å². The molecular formula is C27H28N4O2S. The Bertz CT molecular complexity index is 1340. The molecule has 0 radical (unpaired) electrons. The largest absolute Gasteiger partial charge is 0.352 e. The summed E-state index contributed by atoms with van der Waals surface area (Å²) in [6.45, 7) is 3.94. The first-order valence-corrected chi connectivity index (χ1v) is 12.5. The van der Waals surface area contributed by atoms with E-state index in [-0.39, 0.29) is 24.4 Å². The monoisotopic (exact) mass is 472 g/mol. The molecule has 1 aliphatic rings. The Morgan fingerprint density at radius 1 is 1.06 bits per heavy atom. The van der Waals surface area contributed by atoms with E-state index in [0.29, 0.717) is 4.88 Å². The van der Waals surface area contributed by atoms with Crippen LogP contribution in [0.3, 0.4) is 0 Å². The third-order valence-electron chi connectivity index (χ3n) is 6.34. The Balaban J connectivity index is 1.48. The van der Waals surface area contributed by atoms with Gasteiger partial charge >= 0.3 is 0 Å². The van der Waals surface area contributed by atoms with E-state index in [1.807, 2.05) is 79.2 Å². The normalized spacial score (nSPS) is 13.9. The van der Waals surface area contributed by atoms with Gasteiger partial charge in [0.15, 0.2) is 0 Å². The number of hydrogen-bond donors (Lipinski definition) is 1. The van der Waals surface area contributed by atoms with Gasteiger partial charge in [0, 0.05) is 17.1 Å². The number of rotatable bonds is 6. The standard InChI is InChI=1S/C27H28N4O2S/c1-18-9-8-14-22(15-18)30(17-25(32)28-20-10-6-7-11-20)26(33)24-16-23-19(2)29-31(27(23)34-24)21-12-4-3-5-13-21/h3-5,8-9,12-16,20H,6-7,10-11,17H2,1-2H3,(H,28,32). The molecule has 1 fully saturated rings. The van der Waals surface area contributed by atoms with Gasteiger partial charge in [0.25, 0.3) is 5.91 Å². The molecule has 0 unspecified atom stereocenters. The summed E-state index contributed by atoms with van der Waals surface area (Å²) in [4.78, 5) is 29.8. The number of aryl methyl sites for hydroxylation is 2. The summed E-state index contributed by atoms with van der Waals surface area (Å²) < 4.78 is 1.88. The van der Waals surface area contributed by atoms with Crippen molar-refractivity contribution in [1.29, 1.82) is 0 Å². The minimum Gasteiger partial charge on any atom is -0.352 e. The molecule has 1 saturated carbocycles. The van der Waals surface area contributed by atoms with E-state index in [9.17, 15) is 9.59 Å². The average Bonchev–Trinajstić information content (AvgIpc) is 3.56. The van der Waals surface area contributed by atoms with Crippen LogP contribution in [0.2, 0.25) is 0 Å². The van der Waals surface area contributed by atoms with Gasteiger partial charge in [-0.3, -0.25) is 14.5 Å². The maximum atomic E-state index is 13.8. The van der Waals surface area contributed by atoms with Crippen LogP contribution in [-0.4, -0.2) is 34.2 Å². The zero-order valence-electron chi connectivity index (χ0n) is 19.5. The molecule has 1 aliphatic carbocycles. The molecular weight excluding hydrogens is 444 g/mol. The van der Waals surface area contributed by atoms with E-state index >= 15 is 0 Å². The molecule has 2 aromatic carbocycles. The number of nitrogens with one attached hydrogen (secondary N) is 1. The highest BCUT2D eigenvalue weighted by Crippen LogP contribution is 2.32. The molecule has 0 aliphatic heterocycles. The number of carbonyl (C=O) groups is 2. The van der Waals surface area contributed by atoms with Gasteiger partial charge in [-0.25, -0.2) is 4.68 Å². The molecule has 2 heterocycles. The van der Waals surface area contributed by atoms with Crippen LogP contribution in [0, 0.1) is 13.8 Å². The van der Waals surface area contributed by atoms with Gasteiger partial charge in [-0.2, -0.15) is 5.10 Å². The van der Waals surface area contributed by atoms with Crippen LogP contribution in [-0.2, 0) is 4.79 Å². The van der Waals surface area contributed by atoms with Crippen LogP contribution < -0.4 is 10.2 Å². The molecule has 0 saturated heterocycles. The second kappa shape index (κ2) is 9.43. The Morgan fingerprint density at radius 2 is 1.82 bits per heavy atom. The molecule has 0 spiro atoms. The summed E-state index contributed by atoms with van der Waals surface area (Å²) in [5, 5.41) is 8.75. The first-order valence-electron chi connectivity index (χ1n) is 11.7. The molecule has 0 atom stereocenters. The summed E-state index contributed by atoms with van der Waals surface area (Å²) in [6, 6.07) is 19.8. The smallest absolute Gasteiger partial charge is 0.268 e. The molecule has 0 bridgehead atoms. The fraction of sp³-hybridized carbons (Fsp3) is 0.296. The van der Waals surface area contributed by atoms with Crippen LogP contribution in [0.15, 0.2) is 60.7 Å². The number of hydrogen-bond acceptors (Lipinski definition) is 4. The molecule has 4 aromatic rings. The lowest BCUT2D eigenvalue weighted by molar-refractivity contribution is -0.120. The minimum atomic E-state index is -0.174. The lowest BCUT2D eigenvalue weighted by Crippen LogP contribution is -2.43. The van der Waals surface area contributed by atoms with Crippen molar-refractivity contribution in [3.05, 3.63) is 76.8 Å². The Labute approximate surface area is 203 Å². The van der Waals surface area contributed by atoms with Gasteiger partial charge in [-0.1, -0.05) is 43.2 Å². The van der Waals surface area contributed by atoms with E-state index in [4.69, 9.17) is 0 Å². The van der Waals surface area contributed by atoms with Gasteiger partial charge in [0.2, 0.25) is 5.91 Å². The number of benzene rings is 2. The zero-order valence-corrected chi connectivity index (χ0v) is 20.3. The Morgan fingerprint density at radius 3 is 2.56 bits per heavy atom. The van der Waals surface area contributed by atoms with Crippen molar-refractivity contribution < 1.29 is 9.59 Å². The summed E-state index contributed by atoms with van der Waals surface area (Å²) in [7, 11) is 0. The van der Waals surface area contributed by atoms with E-state index < -0.39 is 0 Å². The number of carbonyl (C=O) groups excluding carboxylic acids is 2. The molecule has 174 valence electrons. The van der Waals surface area contributed by atoms with Crippen molar-refractivity contribution >= 4 is 39.1 Å². The number of amides is 2. The Kier molecular flexibility index (Phi) is 6.20. The fourth-order valence-electron chi connectivity index (χ4n) is 4.59. The second-order valence-corrected chi connectivity index (χ2v) is 9.97. The predicted molar refractivity (Wildman–Crippen MR) is 137 cm³/mol. The van der Waals surface area contributed by atoms with Crippen molar-refractivity contribution in [2.24, 2.45) is 0 Å². The predicted octanol–water partition coefficient (Wildman–Crippen LogP) is 5.41. The third-order valence-corrected chi connectivity index (χ3v) is 7.44. The second-order valence-electron chi connectivity index (χ2n) is 8.94. The van der Waals surface area contributed by atoms with Crippen LogP contribution in [0.4, 0.5) is 5.69 Å². The van der Waals surface area contributed by atoms with Crippen molar-refractivity contribution in [1.82, 2.24) is 15.1 Å². The molecule has 2 aromatic heterocycles. The highest BCUT2D eigenvalue weighted by molar-refractivity contribution is 7.20. The highest BCUT2D eigenvalue weighted by Gasteiger charge is 2.26. The van der Waals surface area contributed by atoms with E-state index in [1.165, 1.54) is 11.3 Å². The summed E-state index contributed by atoms with van der Waals surface area (Å²) in [6.07, 6.45) is 4.31. The number of thiophene rings is 1. The van der Waals surface area contributed by atoms with Gasteiger partial charge in [0.1, 0.15) is 11.4 Å². The topological polar surface area (TPSA) is 67.2 Å². The maximum absolute atomic E-state index is 13.8. The van der Waals surface area contributed by atoms with Crippen LogP contribution in [0.5, 0.6) is 0 Å². The number of fused-ring (bicyclic) bond motifs is 1. The van der Waals surface area contributed by atoms with E-state index in [1.54, 1.807) is 4.90 Å². The van der Waals surface area contributed by atoms with Crippen LogP contribution in [0.1, 0.15) is 46.6 Å². The average molecular weight is 473 g/mol. The molecule has 6 nitrogen and oxygen atoms in total. The lowest BCUT2D eigenvalue weighted by atomic mass is 10.2. The van der Waals surface area contributed by atoms with Crippen molar-refractivity contribution in [3.63, 3.8) is 0 Å². The highest BCUT2D eigenvalue weighted by atomic mass is 32.1. The SMILES string of the molecule is Cc1cccc(N(CC(=O)NC2CCCC2)C(=O)c2cc3c(C)nn(-c4ccccc4)c3s2)c1. The number of nitrogens with zero attached hydrogens (tertiary/aromatic N) is 3. The van der Waals surface area contributed by atoms with Crippen molar-refractivity contribution in [2.75, 3.05) is 11.4 Å². The summed E-state index contributed by atoms with van der Waals surface area (Å²) in [5.74, 6) is -0.290. The maximum Gasteiger partial charge on any atom is 0.268 e. The Hall–Kier alpha value is -3.45. The van der Waals surface area contributed by atoms with E-state index in [2.05, 4.69) is 10.4 Å². The zero-order chi connectivity index (χ0) is 23.7. The minimum absolute atomic E-state index is 0.00315.